The summed E-state index contributed by atoms with van der Waals surface area (Å²) in [7, 11) is 0. The summed E-state index contributed by atoms with van der Waals surface area (Å²) in [5.41, 5.74) is 1.59. The Bertz CT molecular complexity index is 590. The van der Waals surface area contributed by atoms with Crippen LogP contribution in [0.5, 0.6) is 0 Å². The van der Waals surface area contributed by atoms with Crippen molar-refractivity contribution in [2.45, 2.75) is 52.5 Å². The topological polar surface area (TPSA) is 78.9 Å². The molecule has 1 saturated heterocycles. The first-order valence-electron chi connectivity index (χ1n) is 8.76. The fraction of sp³-hybridized carbons (Fsp3) is 0.579. The minimum atomic E-state index is -1.02. The number of carboxylic acids is 1. The van der Waals surface area contributed by atoms with Gasteiger partial charge >= 0.3 is 5.97 Å². The van der Waals surface area contributed by atoms with Crippen LogP contribution >= 0.6 is 0 Å². The third-order valence-corrected chi connectivity index (χ3v) is 4.34. The van der Waals surface area contributed by atoms with E-state index in [9.17, 15) is 14.7 Å². The third-order valence-electron chi connectivity index (χ3n) is 4.34. The largest absolute Gasteiger partial charge is 0.480 e. The molecule has 0 radical (unpaired) electrons. The monoisotopic (exact) mass is 348 g/mol. The van der Waals surface area contributed by atoms with E-state index in [1.54, 1.807) is 26.0 Å². The molecule has 1 aromatic rings. The molecule has 1 aromatic carbocycles. The molecule has 1 aliphatic rings. The zero-order chi connectivity index (χ0) is 18.6. The van der Waals surface area contributed by atoms with Gasteiger partial charge in [-0.1, -0.05) is 26.0 Å². The van der Waals surface area contributed by atoms with E-state index >= 15 is 0 Å². The lowest BCUT2D eigenvalue weighted by atomic mass is 10.0. The van der Waals surface area contributed by atoms with E-state index in [4.69, 9.17) is 4.74 Å². The van der Waals surface area contributed by atoms with Gasteiger partial charge in [0.25, 0.3) is 5.91 Å². The lowest BCUT2D eigenvalue weighted by molar-refractivity contribution is -0.140. The van der Waals surface area contributed by atoms with Gasteiger partial charge in [0, 0.05) is 25.2 Å². The van der Waals surface area contributed by atoms with Crippen molar-refractivity contribution >= 4 is 11.9 Å². The Morgan fingerprint density at radius 3 is 2.24 bits per heavy atom. The van der Waals surface area contributed by atoms with Crippen molar-refractivity contribution in [1.82, 2.24) is 10.2 Å². The highest BCUT2D eigenvalue weighted by molar-refractivity contribution is 5.96. The molecule has 0 spiro atoms. The van der Waals surface area contributed by atoms with E-state index in [1.807, 2.05) is 12.1 Å². The van der Waals surface area contributed by atoms with Crippen LogP contribution in [-0.2, 0) is 16.1 Å². The maximum absolute atomic E-state index is 12.2. The molecular weight excluding hydrogens is 320 g/mol. The molecule has 0 aliphatic carbocycles. The SMILES string of the molecule is CC1CN(Cc2ccc(C(=O)N[C@@H](C(=O)O)C(C)C)cc2)CC(C)O1. The van der Waals surface area contributed by atoms with E-state index in [0.29, 0.717) is 5.56 Å². The fourth-order valence-corrected chi connectivity index (χ4v) is 3.17. The average Bonchev–Trinajstić information content (AvgIpc) is 2.51. The molecule has 3 atom stereocenters. The molecule has 0 aromatic heterocycles. The maximum atomic E-state index is 12.2. The molecule has 1 amide bonds. The molecule has 0 bridgehead atoms. The Kier molecular flexibility index (Phi) is 6.56. The van der Waals surface area contributed by atoms with Crippen molar-refractivity contribution in [3.63, 3.8) is 0 Å². The van der Waals surface area contributed by atoms with Gasteiger partial charge in [0.15, 0.2) is 0 Å². The second-order valence-corrected chi connectivity index (χ2v) is 7.18. The zero-order valence-electron chi connectivity index (χ0n) is 15.4. The number of benzene rings is 1. The number of aliphatic carboxylic acids is 1. The average molecular weight is 348 g/mol. The van der Waals surface area contributed by atoms with E-state index in [2.05, 4.69) is 24.1 Å². The molecule has 1 aliphatic heterocycles. The number of nitrogens with one attached hydrogen (secondary N) is 1. The molecule has 0 saturated carbocycles. The summed E-state index contributed by atoms with van der Waals surface area (Å²) in [4.78, 5) is 25.8. The van der Waals surface area contributed by atoms with E-state index in [0.717, 1.165) is 25.2 Å². The second kappa shape index (κ2) is 8.45. The number of amides is 1. The molecular formula is C19H28N2O4. The highest BCUT2D eigenvalue weighted by Gasteiger charge is 2.24. The van der Waals surface area contributed by atoms with Gasteiger partial charge in [-0.15, -0.1) is 0 Å². The van der Waals surface area contributed by atoms with Gasteiger partial charge in [-0.2, -0.15) is 0 Å². The highest BCUT2D eigenvalue weighted by atomic mass is 16.5. The molecule has 2 N–H and O–H groups in total. The highest BCUT2D eigenvalue weighted by Crippen LogP contribution is 2.15. The van der Waals surface area contributed by atoms with Crippen molar-refractivity contribution in [1.29, 1.82) is 0 Å². The molecule has 6 nitrogen and oxygen atoms in total. The number of nitrogens with zero attached hydrogens (tertiary/aromatic N) is 1. The summed E-state index contributed by atoms with van der Waals surface area (Å²) >= 11 is 0. The first-order chi connectivity index (χ1) is 11.8. The van der Waals surface area contributed by atoms with Gasteiger partial charge in [-0.05, 0) is 37.5 Å². The van der Waals surface area contributed by atoms with E-state index < -0.39 is 12.0 Å². The van der Waals surface area contributed by atoms with Gasteiger partial charge in [-0.3, -0.25) is 9.69 Å². The Morgan fingerprint density at radius 2 is 1.76 bits per heavy atom. The molecule has 25 heavy (non-hydrogen) atoms. The summed E-state index contributed by atoms with van der Waals surface area (Å²) in [5, 5.41) is 11.8. The predicted octanol–water partition coefficient (Wildman–Crippen LogP) is 2.13. The number of carboxylic acid groups (broad SMARTS) is 1. The van der Waals surface area contributed by atoms with Crippen LogP contribution in [0.25, 0.3) is 0 Å². The van der Waals surface area contributed by atoms with Crippen LogP contribution in [0.15, 0.2) is 24.3 Å². The summed E-state index contributed by atoms with van der Waals surface area (Å²) in [6, 6.07) is 6.45. The summed E-state index contributed by atoms with van der Waals surface area (Å²) < 4.78 is 5.74. The molecule has 6 heteroatoms. The van der Waals surface area contributed by atoms with Crippen molar-refractivity contribution in [3.8, 4) is 0 Å². The molecule has 138 valence electrons. The van der Waals surface area contributed by atoms with Crippen LogP contribution in [0.3, 0.4) is 0 Å². The van der Waals surface area contributed by atoms with E-state index in [-0.39, 0.29) is 24.0 Å². The van der Waals surface area contributed by atoms with Crippen molar-refractivity contribution in [2.75, 3.05) is 13.1 Å². The fourth-order valence-electron chi connectivity index (χ4n) is 3.17. The summed E-state index contributed by atoms with van der Waals surface area (Å²) in [5.74, 6) is -1.55. The summed E-state index contributed by atoms with van der Waals surface area (Å²) in [6.45, 7) is 10.3. The first kappa shape index (κ1) is 19.4. The lowest BCUT2D eigenvalue weighted by Crippen LogP contribution is -2.45. The Morgan fingerprint density at radius 1 is 1.20 bits per heavy atom. The van der Waals surface area contributed by atoms with Gasteiger partial charge in [-0.25, -0.2) is 4.79 Å². The maximum Gasteiger partial charge on any atom is 0.326 e. The van der Waals surface area contributed by atoms with Gasteiger partial charge in [0.1, 0.15) is 6.04 Å². The van der Waals surface area contributed by atoms with Gasteiger partial charge in [0.05, 0.1) is 12.2 Å². The predicted molar refractivity (Wildman–Crippen MR) is 95.5 cm³/mol. The minimum absolute atomic E-state index is 0.175. The smallest absolute Gasteiger partial charge is 0.326 e. The standard InChI is InChI=1S/C19H28N2O4/c1-12(2)17(19(23)24)20-18(22)16-7-5-15(6-8-16)11-21-9-13(3)25-14(4)10-21/h5-8,12-14,17H,9-11H2,1-4H3,(H,20,22)(H,23,24)/t13?,14?,17-/m1/s1. The molecule has 1 heterocycles. The van der Waals surface area contributed by atoms with Crippen molar-refractivity contribution < 1.29 is 19.4 Å². The number of morpholine rings is 1. The van der Waals surface area contributed by atoms with Gasteiger partial charge in [0.2, 0.25) is 0 Å². The Balaban J connectivity index is 1.97. The first-order valence-corrected chi connectivity index (χ1v) is 8.76. The Labute approximate surface area is 149 Å². The minimum Gasteiger partial charge on any atom is -0.480 e. The van der Waals surface area contributed by atoms with Crippen LogP contribution < -0.4 is 5.32 Å². The number of carbonyl (C=O) groups is 2. The van der Waals surface area contributed by atoms with Crippen LogP contribution in [0, 0.1) is 5.92 Å². The van der Waals surface area contributed by atoms with Crippen molar-refractivity contribution in [2.24, 2.45) is 5.92 Å². The molecule has 1 fully saturated rings. The molecule has 2 unspecified atom stereocenters. The number of hydrogen-bond acceptors (Lipinski definition) is 4. The number of rotatable bonds is 6. The number of ether oxygens (including phenoxy) is 1. The van der Waals surface area contributed by atoms with Crippen molar-refractivity contribution in [3.05, 3.63) is 35.4 Å². The Hall–Kier alpha value is -1.92. The van der Waals surface area contributed by atoms with E-state index in [1.165, 1.54) is 0 Å². The van der Waals surface area contributed by atoms with Crippen LogP contribution in [0.2, 0.25) is 0 Å². The third kappa shape index (κ3) is 5.54. The number of carbonyl (C=O) groups excluding carboxylic acids is 1. The number of hydrogen-bond donors (Lipinski definition) is 2. The van der Waals surface area contributed by atoms with Crippen LogP contribution in [0.4, 0.5) is 0 Å². The summed E-state index contributed by atoms with van der Waals surface area (Å²) in [6.07, 6.45) is 0.440. The van der Waals surface area contributed by atoms with Gasteiger partial charge < -0.3 is 15.2 Å². The second-order valence-electron chi connectivity index (χ2n) is 7.18. The van der Waals surface area contributed by atoms with Crippen LogP contribution in [0.1, 0.15) is 43.6 Å². The lowest BCUT2D eigenvalue weighted by Gasteiger charge is -2.35. The molecule has 2 rings (SSSR count). The zero-order valence-corrected chi connectivity index (χ0v) is 15.4. The normalized spacial score (nSPS) is 22.6. The quantitative estimate of drug-likeness (QED) is 0.823. The van der Waals surface area contributed by atoms with Crippen LogP contribution in [-0.4, -0.2) is 53.2 Å².